The SMILES string of the molecule is Cc1nnc2c(NCc3ccc(CO)cc3)nccn12. The topological polar surface area (TPSA) is 75.3 Å². The van der Waals surface area contributed by atoms with Crippen LogP contribution in [0.4, 0.5) is 5.82 Å². The molecule has 3 rings (SSSR count). The lowest BCUT2D eigenvalue weighted by Gasteiger charge is -2.07. The second-order valence-electron chi connectivity index (χ2n) is 4.54. The van der Waals surface area contributed by atoms with Crippen molar-refractivity contribution in [2.75, 3.05) is 5.32 Å². The number of benzene rings is 1. The molecule has 0 aliphatic heterocycles. The van der Waals surface area contributed by atoms with E-state index in [1.807, 2.05) is 41.8 Å². The van der Waals surface area contributed by atoms with Gasteiger partial charge in [-0.2, -0.15) is 0 Å². The van der Waals surface area contributed by atoms with Crippen LogP contribution in [0.2, 0.25) is 0 Å². The Morgan fingerprint density at radius 3 is 2.65 bits per heavy atom. The molecule has 102 valence electrons. The number of hydrogen-bond acceptors (Lipinski definition) is 5. The van der Waals surface area contributed by atoms with Crippen LogP contribution >= 0.6 is 0 Å². The first-order valence-corrected chi connectivity index (χ1v) is 6.37. The molecule has 2 heterocycles. The van der Waals surface area contributed by atoms with E-state index in [-0.39, 0.29) is 6.61 Å². The molecule has 0 amide bonds. The van der Waals surface area contributed by atoms with Crippen LogP contribution in [0.5, 0.6) is 0 Å². The molecule has 20 heavy (non-hydrogen) atoms. The summed E-state index contributed by atoms with van der Waals surface area (Å²) in [7, 11) is 0. The van der Waals surface area contributed by atoms with Crippen molar-refractivity contribution in [3.63, 3.8) is 0 Å². The van der Waals surface area contributed by atoms with Crippen LogP contribution in [-0.2, 0) is 13.2 Å². The van der Waals surface area contributed by atoms with Crippen LogP contribution < -0.4 is 5.32 Å². The number of hydrogen-bond donors (Lipinski definition) is 2. The fraction of sp³-hybridized carbons (Fsp3) is 0.214. The third-order valence-corrected chi connectivity index (χ3v) is 3.16. The second-order valence-corrected chi connectivity index (χ2v) is 4.54. The minimum Gasteiger partial charge on any atom is -0.392 e. The molecule has 0 saturated heterocycles. The third kappa shape index (κ3) is 2.33. The molecule has 6 nitrogen and oxygen atoms in total. The average Bonchev–Trinajstić information content (AvgIpc) is 2.88. The maximum Gasteiger partial charge on any atom is 0.203 e. The van der Waals surface area contributed by atoms with Gasteiger partial charge in [0.25, 0.3) is 0 Å². The van der Waals surface area contributed by atoms with E-state index in [1.165, 1.54) is 0 Å². The zero-order valence-corrected chi connectivity index (χ0v) is 11.1. The fourth-order valence-corrected chi connectivity index (χ4v) is 2.01. The molecular formula is C14H15N5O. The molecule has 2 N–H and O–H groups in total. The molecule has 0 saturated carbocycles. The van der Waals surface area contributed by atoms with E-state index in [0.29, 0.717) is 12.4 Å². The van der Waals surface area contributed by atoms with Gasteiger partial charge in [-0.05, 0) is 18.1 Å². The summed E-state index contributed by atoms with van der Waals surface area (Å²) in [4.78, 5) is 4.29. The van der Waals surface area contributed by atoms with Crippen molar-refractivity contribution in [3.8, 4) is 0 Å². The van der Waals surface area contributed by atoms with Gasteiger partial charge in [-0.3, -0.25) is 4.40 Å². The van der Waals surface area contributed by atoms with Crippen LogP contribution in [-0.4, -0.2) is 24.7 Å². The fourth-order valence-electron chi connectivity index (χ4n) is 2.01. The molecule has 0 atom stereocenters. The van der Waals surface area contributed by atoms with Crippen molar-refractivity contribution in [1.29, 1.82) is 0 Å². The van der Waals surface area contributed by atoms with Crippen molar-refractivity contribution in [3.05, 3.63) is 53.6 Å². The average molecular weight is 269 g/mol. The molecule has 2 aromatic heterocycles. The van der Waals surface area contributed by atoms with Gasteiger partial charge in [-0.25, -0.2) is 4.98 Å². The summed E-state index contributed by atoms with van der Waals surface area (Å²) in [6.07, 6.45) is 3.56. The first kappa shape index (κ1) is 12.6. The van der Waals surface area contributed by atoms with Crippen molar-refractivity contribution in [2.45, 2.75) is 20.1 Å². The zero-order valence-electron chi connectivity index (χ0n) is 11.1. The van der Waals surface area contributed by atoms with E-state index in [9.17, 15) is 0 Å². The maximum atomic E-state index is 9.01. The van der Waals surface area contributed by atoms with Gasteiger partial charge in [0.05, 0.1) is 6.61 Å². The first-order valence-electron chi connectivity index (χ1n) is 6.37. The highest BCUT2D eigenvalue weighted by Gasteiger charge is 2.07. The number of aliphatic hydroxyl groups excluding tert-OH is 1. The predicted octanol–water partition coefficient (Wildman–Crippen LogP) is 1.54. The summed E-state index contributed by atoms with van der Waals surface area (Å²) in [5.41, 5.74) is 2.74. The highest BCUT2D eigenvalue weighted by atomic mass is 16.3. The number of nitrogens with zero attached hydrogens (tertiary/aromatic N) is 4. The molecule has 0 spiro atoms. The molecule has 0 aliphatic rings. The van der Waals surface area contributed by atoms with E-state index in [1.54, 1.807) is 6.20 Å². The number of rotatable bonds is 4. The lowest BCUT2D eigenvalue weighted by Crippen LogP contribution is -2.04. The highest BCUT2D eigenvalue weighted by molar-refractivity contribution is 5.62. The molecule has 0 unspecified atom stereocenters. The highest BCUT2D eigenvalue weighted by Crippen LogP contribution is 2.13. The Hall–Kier alpha value is -2.47. The largest absolute Gasteiger partial charge is 0.392 e. The molecule has 6 heteroatoms. The van der Waals surface area contributed by atoms with Crippen LogP contribution in [0.1, 0.15) is 17.0 Å². The van der Waals surface area contributed by atoms with Crippen molar-refractivity contribution >= 4 is 11.5 Å². The van der Waals surface area contributed by atoms with Crippen molar-refractivity contribution < 1.29 is 5.11 Å². The van der Waals surface area contributed by atoms with E-state index in [4.69, 9.17) is 5.11 Å². The minimum absolute atomic E-state index is 0.0631. The molecule has 3 aromatic rings. The van der Waals surface area contributed by atoms with Crippen LogP contribution in [0.15, 0.2) is 36.7 Å². The second kappa shape index (κ2) is 5.26. The van der Waals surface area contributed by atoms with Gasteiger partial charge in [0.1, 0.15) is 5.82 Å². The van der Waals surface area contributed by atoms with E-state index in [2.05, 4.69) is 20.5 Å². The summed E-state index contributed by atoms with van der Waals surface area (Å²) in [6.45, 7) is 2.61. The van der Waals surface area contributed by atoms with Gasteiger partial charge < -0.3 is 10.4 Å². The minimum atomic E-state index is 0.0631. The number of aryl methyl sites for hydroxylation is 1. The Morgan fingerprint density at radius 1 is 1.15 bits per heavy atom. The summed E-state index contributed by atoms with van der Waals surface area (Å²) < 4.78 is 1.89. The lowest BCUT2D eigenvalue weighted by molar-refractivity contribution is 0.282. The van der Waals surface area contributed by atoms with E-state index < -0.39 is 0 Å². The zero-order chi connectivity index (χ0) is 13.9. The Bertz CT molecular complexity index is 720. The van der Waals surface area contributed by atoms with Crippen molar-refractivity contribution in [1.82, 2.24) is 19.6 Å². The molecular weight excluding hydrogens is 254 g/mol. The Kier molecular flexibility index (Phi) is 3.30. The van der Waals surface area contributed by atoms with Crippen LogP contribution in [0.25, 0.3) is 5.65 Å². The number of fused-ring (bicyclic) bond motifs is 1. The van der Waals surface area contributed by atoms with Gasteiger partial charge in [0.15, 0.2) is 5.82 Å². The summed E-state index contributed by atoms with van der Waals surface area (Å²) in [5.74, 6) is 1.54. The van der Waals surface area contributed by atoms with Gasteiger partial charge in [0, 0.05) is 18.9 Å². The number of aromatic nitrogens is 4. The normalized spacial score (nSPS) is 10.9. The number of aliphatic hydroxyl groups is 1. The van der Waals surface area contributed by atoms with Crippen LogP contribution in [0, 0.1) is 6.92 Å². The molecule has 1 aromatic carbocycles. The monoisotopic (exact) mass is 269 g/mol. The molecule has 0 radical (unpaired) electrons. The molecule has 0 bridgehead atoms. The number of nitrogens with one attached hydrogen (secondary N) is 1. The van der Waals surface area contributed by atoms with E-state index >= 15 is 0 Å². The van der Waals surface area contributed by atoms with E-state index in [0.717, 1.165) is 22.6 Å². The van der Waals surface area contributed by atoms with Gasteiger partial charge in [-0.1, -0.05) is 24.3 Å². The summed E-state index contributed by atoms with van der Waals surface area (Å²) >= 11 is 0. The molecule has 0 aliphatic carbocycles. The smallest absolute Gasteiger partial charge is 0.203 e. The Morgan fingerprint density at radius 2 is 1.90 bits per heavy atom. The predicted molar refractivity (Wildman–Crippen MR) is 75.2 cm³/mol. The summed E-state index contributed by atoms with van der Waals surface area (Å²) in [5, 5.41) is 20.4. The van der Waals surface area contributed by atoms with Crippen LogP contribution in [0.3, 0.4) is 0 Å². The maximum absolute atomic E-state index is 9.01. The van der Waals surface area contributed by atoms with Crippen molar-refractivity contribution in [2.24, 2.45) is 0 Å². The molecule has 0 fully saturated rings. The van der Waals surface area contributed by atoms with Gasteiger partial charge in [0.2, 0.25) is 5.65 Å². The van der Waals surface area contributed by atoms with Gasteiger partial charge >= 0.3 is 0 Å². The summed E-state index contributed by atoms with van der Waals surface area (Å²) in [6, 6.07) is 7.78. The third-order valence-electron chi connectivity index (χ3n) is 3.16. The standard InChI is InChI=1S/C14H15N5O/c1-10-17-18-14-13(15-6-7-19(10)14)16-8-11-2-4-12(9-20)5-3-11/h2-7,20H,8-9H2,1H3,(H,15,16). The quantitative estimate of drug-likeness (QED) is 0.751. The van der Waals surface area contributed by atoms with Gasteiger partial charge in [-0.15, -0.1) is 10.2 Å². The first-order chi connectivity index (χ1) is 9.78. The number of anilines is 1. The Balaban J connectivity index is 1.79. The Labute approximate surface area is 116 Å². The lowest BCUT2D eigenvalue weighted by atomic mass is 10.1.